The molecule has 2 heterocycles. The lowest BCUT2D eigenvalue weighted by Gasteiger charge is -2.27. The Morgan fingerprint density at radius 1 is 1.00 bits per heavy atom. The number of benzene rings is 3. The number of hydrazone groups is 1. The number of aryl methyl sites for hydroxylation is 1. The van der Waals surface area contributed by atoms with Crippen molar-refractivity contribution in [1.29, 1.82) is 0 Å². The van der Waals surface area contributed by atoms with E-state index < -0.39 is 5.97 Å². The zero-order valence-corrected chi connectivity index (χ0v) is 22.7. The van der Waals surface area contributed by atoms with Gasteiger partial charge in [-0.3, -0.25) is 9.36 Å². The van der Waals surface area contributed by atoms with Gasteiger partial charge in [-0.2, -0.15) is 9.78 Å². The number of carbonyl (C=O) groups excluding carboxylic acids is 1. The first kappa shape index (κ1) is 25.4. The molecule has 10 heteroatoms. The average molecular weight is 562 g/mol. The number of ether oxygens (including phenoxy) is 1. The van der Waals surface area contributed by atoms with E-state index in [1.54, 1.807) is 29.3 Å². The minimum Gasteiger partial charge on any atom is -0.464 e. The SMILES string of the molecule is CC(=O)OCCn1c(N2CC3(CCc4ccccc43)C(c3ccc(Cl)cc3)=N2)nn(-c2ccc(Cl)cc2)c1=O. The molecule has 6 rings (SSSR count). The maximum atomic E-state index is 13.6. The molecular weight excluding hydrogens is 537 g/mol. The smallest absolute Gasteiger partial charge is 0.352 e. The van der Waals surface area contributed by atoms with Crippen LogP contribution in [0.5, 0.6) is 0 Å². The average Bonchev–Trinajstić information content (AvgIpc) is 3.60. The number of carbonyl (C=O) groups is 1. The number of halogens is 2. The molecule has 1 atom stereocenters. The summed E-state index contributed by atoms with van der Waals surface area (Å²) in [6, 6.07) is 23.0. The third-order valence-electron chi connectivity index (χ3n) is 7.33. The van der Waals surface area contributed by atoms with Crippen LogP contribution in [0.25, 0.3) is 5.69 Å². The third kappa shape index (κ3) is 4.53. The van der Waals surface area contributed by atoms with Crippen molar-refractivity contribution >= 4 is 40.8 Å². The molecule has 8 nitrogen and oxygen atoms in total. The first-order chi connectivity index (χ1) is 18.9. The number of esters is 1. The Labute approximate surface area is 235 Å². The zero-order chi connectivity index (χ0) is 27.1. The van der Waals surface area contributed by atoms with Gasteiger partial charge in [0.2, 0.25) is 5.95 Å². The van der Waals surface area contributed by atoms with Gasteiger partial charge in [0.1, 0.15) is 6.61 Å². The van der Waals surface area contributed by atoms with Gasteiger partial charge in [0.15, 0.2) is 0 Å². The van der Waals surface area contributed by atoms with Crippen molar-refractivity contribution in [2.45, 2.75) is 31.7 Å². The second-order valence-electron chi connectivity index (χ2n) is 9.71. The van der Waals surface area contributed by atoms with Crippen molar-refractivity contribution in [3.05, 3.63) is 110 Å². The van der Waals surface area contributed by atoms with Crippen molar-refractivity contribution in [3.63, 3.8) is 0 Å². The molecule has 3 aromatic carbocycles. The molecule has 1 aromatic heterocycles. The highest BCUT2D eigenvalue weighted by Gasteiger charge is 2.49. The van der Waals surface area contributed by atoms with Crippen LogP contribution in [0.1, 0.15) is 30.0 Å². The minimum atomic E-state index is -0.416. The second-order valence-corrected chi connectivity index (χ2v) is 10.6. The van der Waals surface area contributed by atoms with Crippen LogP contribution in [0.4, 0.5) is 5.95 Å². The van der Waals surface area contributed by atoms with Crippen LogP contribution in [-0.4, -0.2) is 39.2 Å². The predicted octanol–water partition coefficient (Wildman–Crippen LogP) is 5.01. The van der Waals surface area contributed by atoms with Crippen molar-refractivity contribution in [1.82, 2.24) is 14.3 Å². The summed E-state index contributed by atoms with van der Waals surface area (Å²) in [6.45, 7) is 2.01. The van der Waals surface area contributed by atoms with Gasteiger partial charge in [0, 0.05) is 17.0 Å². The summed E-state index contributed by atoms with van der Waals surface area (Å²) in [5, 5.41) is 12.8. The first-order valence-corrected chi connectivity index (χ1v) is 13.4. The molecule has 1 aliphatic heterocycles. The Balaban J connectivity index is 1.49. The van der Waals surface area contributed by atoms with E-state index in [4.69, 9.17) is 38.1 Å². The fourth-order valence-electron chi connectivity index (χ4n) is 5.54. The molecule has 1 aliphatic carbocycles. The van der Waals surface area contributed by atoms with Crippen LogP contribution in [0, 0.1) is 0 Å². The summed E-state index contributed by atoms with van der Waals surface area (Å²) in [5.41, 5.74) is 4.21. The van der Waals surface area contributed by atoms with E-state index in [-0.39, 0.29) is 24.3 Å². The van der Waals surface area contributed by atoms with Crippen molar-refractivity contribution < 1.29 is 9.53 Å². The lowest BCUT2D eigenvalue weighted by atomic mass is 9.75. The van der Waals surface area contributed by atoms with Gasteiger partial charge in [0.05, 0.1) is 29.9 Å². The fourth-order valence-corrected chi connectivity index (χ4v) is 5.79. The van der Waals surface area contributed by atoms with Gasteiger partial charge in [-0.1, -0.05) is 59.6 Å². The largest absolute Gasteiger partial charge is 0.464 e. The molecule has 0 radical (unpaired) electrons. The third-order valence-corrected chi connectivity index (χ3v) is 7.83. The summed E-state index contributed by atoms with van der Waals surface area (Å²) in [6.07, 6.45) is 1.80. The molecule has 2 aliphatic rings. The molecule has 4 aromatic rings. The van der Waals surface area contributed by atoms with Gasteiger partial charge < -0.3 is 4.74 Å². The number of nitrogens with zero attached hydrogens (tertiary/aromatic N) is 5. The summed E-state index contributed by atoms with van der Waals surface area (Å²) in [4.78, 5) is 25.1. The van der Waals surface area contributed by atoms with E-state index in [2.05, 4.69) is 24.3 Å². The zero-order valence-electron chi connectivity index (χ0n) is 21.2. The van der Waals surface area contributed by atoms with Crippen LogP contribution >= 0.6 is 23.2 Å². The molecular formula is C29H25Cl2N5O3. The molecule has 39 heavy (non-hydrogen) atoms. The summed E-state index contributed by atoms with van der Waals surface area (Å²) >= 11 is 12.3. The maximum Gasteiger partial charge on any atom is 0.352 e. The van der Waals surface area contributed by atoms with Crippen LogP contribution in [0.2, 0.25) is 10.0 Å². The summed E-state index contributed by atoms with van der Waals surface area (Å²) in [7, 11) is 0. The minimum absolute atomic E-state index is 0.0319. The lowest BCUT2D eigenvalue weighted by molar-refractivity contribution is -0.141. The van der Waals surface area contributed by atoms with E-state index in [1.165, 1.54) is 27.3 Å². The van der Waals surface area contributed by atoms with E-state index in [0.29, 0.717) is 28.2 Å². The molecule has 0 N–H and O–H groups in total. The number of anilines is 1. The van der Waals surface area contributed by atoms with Gasteiger partial charge in [-0.05, 0) is 65.9 Å². The number of hydrogen-bond donors (Lipinski definition) is 0. The molecule has 1 unspecified atom stereocenters. The molecule has 0 saturated carbocycles. The van der Waals surface area contributed by atoms with E-state index in [9.17, 15) is 9.59 Å². The Hall–Kier alpha value is -3.88. The van der Waals surface area contributed by atoms with Crippen LogP contribution in [0.15, 0.2) is 82.7 Å². The van der Waals surface area contributed by atoms with Crippen LogP contribution in [-0.2, 0) is 27.9 Å². The van der Waals surface area contributed by atoms with Crippen LogP contribution in [0.3, 0.4) is 0 Å². The Morgan fingerprint density at radius 3 is 2.41 bits per heavy atom. The lowest BCUT2D eigenvalue weighted by Crippen LogP contribution is -2.37. The van der Waals surface area contributed by atoms with Gasteiger partial charge in [-0.15, -0.1) is 5.10 Å². The monoisotopic (exact) mass is 561 g/mol. The van der Waals surface area contributed by atoms with Gasteiger partial charge in [0.25, 0.3) is 0 Å². The molecule has 198 valence electrons. The highest BCUT2D eigenvalue weighted by molar-refractivity contribution is 6.31. The van der Waals surface area contributed by atoms with E-state index in [1.807, 2.05) is 24.3 Å². The van der Waals surface area contributed by atoms with Crippen molar-refractivity contribution in [3.8, 4) is 5.69 Å². The summed E-state index contributed by atoms with van der Waals surface area (Å²) in [5.74, 6) is -0.0461. The first-order valence-electron chi connectivity index (χ1n) is 12.7. The molecule has 0 fully saturated rings. The Bertz CT molecular complexity index is 1640. The molecule has 0 amide bonds. The summed E-state index contributed by atoms with van der Waals surface area (Å²) < 4.78 is 7.99. The highest BCUT2D eigenvalue weighted by Crippen LogP contribution is 2.46. The molecule has 0 bridgehead atoms. The Morgan fingerprint density at radius 2 is 1.69 bits per heavy atom. The van der Waals surface area contributed by atoms with E-state index in [0.717, 1.165) is 24.1 Å². The fraction of sp³-hybridized carbons (Fsp3) is 0.241. The number of hydrogen-bond acceptors (Lipinski definition) is 6. The van der Waals surface area contributed by atoms with Crippen molar-refractivity contribution in [2.75, 3.05) is 18.2 Å². The highest BCUT2D eigenvalue weighted by atomic mass is 35.5. The molecule has 1 spiro atoms. The van der Waals surface area contributed by atoms with Crippen molar-refractivity contribution in [2.24, 2.45) is 5.10 Å². The maximum absolute atomic E-state index is 13.6. The second kappa shape index (κ2) is 10.0. The topological polar surface area (TPSA) is 81.7 Å². The van der Waals surface area contributed by atoms with Gasteiger partial charge >= 0.3 is 11.7 Å². The predicted molar refractivity (Wildman–Crippen MR) is 151 cm³/mol. The Kier molecular flexibility index (Phi) is 6.53. The number of rotatable bonds is 6. The number of fused-ring (bicyclic) bond motifs is 2. The normalized spacial score (nSPS) is 17.9. The quantitative estimate of drug-likeness (QED) is 0.309. The van der Waals surface area contributed by atoms with E-state index >= 15 is 0 Å². The van der Waals surface area contributed by atoms with Gasteiger partial charge in [-0.25, -0.2) is 9.80 Å². The standard InChI is InChI=1S/C29H25Cl2N5O3/c1-19(37)39-17-16-34-27(33-36(28(34)38)24-12-10-23(31)11-13-24)35-18-29(15-14-20-4-2-3-5-25(20)29)26(32-35)21-6-8-22(30)9-7-21/h2-13H,14-18H2,1H3. The number of aromatic nitrogens is 3. The molecule has 0 saturated heterocycles. The van der Waals surface area contributed by atoms with Crippen LogP contribution < -0.4 is 10.7 Å².